The van der Waals surface area contributed by atoms with Gasteiger partial charge in [0.1, 0.15) is 0 Å². The number of nitrogens with one attached hydrogen (secondary N) is 1. The SMILES string of the molecule is CCOCc1ccccc1CNC1CCSc2ccc(Cl)cc21. The predicted octanol–water partition coefficient (Wildman–Crippen LogP) is 5.20. The Morgan fingerprint density at radius 1 is 1.22 bits per heavy atom. The van der Waals surface area contributed by atoms with Gasteiger partial charge in [0.05, 0.1) is 6.61 Å². The van der Waals surface area contributed by atoms with E-state index in [0.29, 0.717) is 12.6 Å². The van der Waals surface area contributed by atoms with Gasteiger partial charge in [-0.25, -0.2) is 0 Å². The van der Waals surface area contributed by atoms with Gasteiger partial charge in [-0.05, 0) is 54.0 Å². The van der Waals surface area contributed by atoms with Crippen molar-refractivity contribution in [1.82, 2.24) is 5.32 Å². The van der Waals surface area contributed by atoms with E-state index in [4.69, 9.17) is 16.3 Å². The zero-order valence-corrected chi connectivity index (χ0v) is 14.9. The van der Waals surface area contributed by atoms with Gasteiger partial charge in [0.2, 0.25) is 0 Å². The van der Waals surface area contributed by atoms with Crippen LogP contribution < -0.4 is 5.32 Å². The second-order valence-corrected chi connectivity index (χ2v) is 7.23. The van der Waals surface area contributed by atoms with E-state index in [-0.39, 0.29) is 0 Å². The number of fused-ring (bicyclic) bond motifs is 1. The zero-order chi connectivity index (χ0) is 16.1. The topological polar surface area (TPSA) is 21.3 Å². The summed E-state index contributed by atoms with van der Waals surface area (Å²) in [5, 5.41) is 4.53. The molecule has 1 aliphatic rings. The fourth-order valence-corrected chi connectivity index (χ4v) is 4.18. The van der Waals surface area contributed by atoms with Gasteiger partial charge in [0.15, 0.2) is 0 Å². The van der Waals surface area contributed by atoms with E-state index in [0.717, 1.165) is 30.3 Å². The minimum absolute atomic E-state index is 0.366. The lowest BCUT2D eigenvalue weighted by Crippen LogP contribution is -2.24. The summed E-state index contributed by atoms with van der Waals surface area (Å²) < 4.78 is 5.58. The van der Waals surface area contributed by atoms with Gasteiger partial charge in [0.25, 0.3) is 0 Å². The first-order valence-electron chi connectivity index (χ1n) is 8.08. The summed E-state index contributed by atoms with van der Waals surface area (Å²) in [5.74, 6) is 1.15. The summed E-state index contributed by atoms with van der Waals surface area (Å²) in [4.78, 5) is 1.35. The molecule has 1 atom stereocenters. The second-order valence-electron chi connectivity index (χ2n) is 5.66. The molecule has 122 valence electrons. The van der Waals surface area contributed by atoms with E-state index in [1.165, 1.54) is 21.6 Å². The van der Waals surface area contributed by atoms with Gasteiger partial charge < -0.3 is 10.1 Å². The maximum atomic E-state index is 6.19. The van der Waals surface area contributed by atoms with E-state index in [9.17, 15) is 0 Å². The summed E-state index contributed by atoms with van der Waals surface area (Å²) >= 11 is 8.11. The molecule has 1 unspecified atom stereocenters. The van der Waals surface area contributed by atoms with Crippen molar-refractivity contribution in [3.8, 4) is 0 Å². The van der Waals surface area contributed by atoms with Crippen molar-refractivity contribution < 1.29 is 4.74 Å². The van der Waals surface area contributed by atoms with Crippen molar-refractivity contribution in [2.24, 2.45) is 0 Å². The lowest BCUT2D eigenvalue weighted by Gasteiger charge is -2.26. The largest absolute Gasteiger partial charge is 0.377 e. The molecule has 0 aliphatic carbocycles. The smallest absolute Gasteiger partial charge is 0.0719 e. The van der Waals surface area contributed by atoms with Gasteiger partial charge in [0, 0.05) is 29.1 Å². The predicted molar refractivity (Wildman–Crippen MR) is 98.1 cm³/mol. The maximum absolute atomic E-state index is 6.19. The van der Waals surface area contributed by atoms with Crippen LogP contribution in [-0.2, 0) is 17.9 Å². The highest BCUT2D eigenvalue weighted by Gasteiger charge is 2.20. The molecule has 0 bridgehead atoms. The average Bonchev–Trinajstić information content (AvgIpc) is 2.59. The minimum atomic E-state index is 0.366. The number of benzene rings is 2. The molecule has 0 fully saturated rings. The van der Waals surface area contributed by atoms with Crippen molar-refractivity contribution in [2.45, 2.75) is 37.4 Å². The van der Waals surface area contributed by atoms with Crippen LogP contribution in [0.2, 0.25) is 5.02 Å². The monoisotopic (exact) mass is 347 g/mol. The Hall–Kier alpha value is -1.00. The highest BCUT2D eigenvalue weighted by molar-refractivity contribution is 7.99. The molecule has 0 saturated heterocycles. The first kappa shape index (κ1) is 16.8. The molecule has 23 heavy (non-hydrogen) atoms. The van der Waals surface area contributed by atoms with Gasteiger partial charge in [-0.1, -0.05) is 35.9 Å². The van der Waals surface area contributed by atoms with Crippen LogP contribution >= 0.6 is 23.4 Å². The third kappa shape index (κ3) is 4.30. The van der Waals surface area contributed by atoms with Crippen molar-refractivity contribution in [1.29, 1.82) is 0 Å². The molecule has 0 saturated carbocycles. The number of ether oxygens (including phenoxy) is 1. The van der Waals surface area contributed by atoms with E-state index in [2.05, 4.69) is 41.7 Å². The van der Waals surface area contributed by atoms with Crippen LogP contribution in [0.4, 0.5) is 0 Å². The van der Waals surface area contributed by atoms with Crippen LogP contribution in [0, 0.1) is 0 Å². The molecule has 2 nitrogen and oxygen atoms in total. The third-order valence-electron chi connectivity index (χ3n) is 4.13. The highest BCUT2D eigenvalue weighted by atomic mass is 35.5. The molecule has 4 heteroatoms. The third-order valence-corrected chi connectivity index (χ3v) is 5.49. The van der Waals surface area contributed by atoms with Gasteiger partial charge in [-0.3, -0.25) is 0 Å². The average molecular weight is 348 g/mol. The Kier molecular flexibility index (Phi) is 6.01. The number of hydrogen-bond acceptors (Lipinski definition) is 3. The van der Waals surface area contributed by atoms with E-state index in [1.807, 2.05) is 24.8 Å². The summed E-state index contributed by atoms with van der Waals surface area (Å²) in [6, 6.07) is 15.1. The Morgan fingerprint density at radius 3 is 2.87 bits per heavy atom. The molecule has 0 aromatic heterocycles. The molecule has 2 aromatic rings. The van der Waals surface area contributed by atoms with Gasteiger partial charge in [-0.2, -0.15) is 0 Å². The van der Waals surface area contributed by atoms with E-state index < -0.39 is 0 Å². The fraction of sp³-hybridized carbons (Fsp3) is 0.368. The molecule has 0 spiro atoms. The summed E-state index contributed by atoms with van der Waals surface area (Å²) in [5.41, 5.74) is 3.90. The number of halogens is 1. The standard InChI is InChI=1S/C19H22ClNOS/c1-2-22-13-15-6-4-3-5-14(15)12-21-18-9-10-23-19-8-7-16(20)11-17(18)19/h3-8,11,18,21H,2,9-10,12-13H2,1H3. The van der Waals surface area contributed by atoms with Crippen LogP contribution in [0.15, 0.2) is 47.4 Å². The van der Waals surface area contributed by atoms with Crippen molar-refractivity contribution in [2.75, 3.05) is 12.4 Å². The first-order valence-corrected chi connectivity index (χ1v) is 9.44. The van der Waals surface area contributed by atoms with Crippen molar-refractivity contribution >= 4 is 23.4 Å². The second kappa shape index (κ2) is 8.20. The molecule has 2 aromatic carbocycles. The normalized spacial score (nSPS) is 17.0. The first-order chi connectivity index (χ1) is 11.3. The molecular formula is C19H22ClNOS. The molecule has 1 N–H and O–H groups in total. The van der Waals surface area contributed by atoms with Crippen LogP contribution in [0.3, 0.4) is 0 Å². The summed E-state index contributed by atoms with van der Waals surface area (Å²) in [6.07, 6.45) is 1.13. The molecule has 3 rings (SSSR count). The molecule has 0 radical (unpaired) electrons. The van der Waals surface area contributed by atoms with Crippen LogP contribution in [0.1, 0.15) is 36.1 Å². The summed E-state index contributed by atoms with van der Waals surface area (Å²) in [6.45, 7) is 4.30. The van der Waals surface area contributed by atoms with Crippen molar-refractivity contribution in [3.05, 3.63) is 64.2 Å². The Balaban J connectivity index is 1.71. The lowest BCUT2D eigenvalue weighted by atomic mass is 10.0. The Bertz CT molecular complexity index is 662. The maximum Gasteiger partial charge on any atom is 0.0719 e. The van der Waals surface area contributed by atoms with Gasteiger partial charge in [-0.15, -0.1) is 11.8 Å². The summed E-state index contributed by atoms with van der Waals surface area (Å²) in [7, 11) is 0. The van der Waals surface area contributed by atoms with E-state index >= 15 is 0 Å². The van der Waals surface area contributed by atoms with Crippen LogP contribution in [0.25, 0.3) is 0 Å². The molecule has 1 aliphatic heterocycles. The van der Waals surface area contributed by atoms with Crippen molar-refractivity contribution in [3.63, 3.8) is 0 Å². The lowest BCUT2D eigenvalue weighted by molar-refractivity contribution is 0.133. The molecule has 0 amide bonds. The number of thioether (sulfide) groups is 1. The van der Waals surface area contributed by atoms with Gasteiger partial charge >= 0.3 is 0 Å². The fourth-order valence-electron chi connectivity index (χ4n) is 2.89. The quantitative estimate of drug-likeness (QED) is 0.775. The van der Waals surface area contributed by atoms with Crippen LogP contribution in [0.5, 0.6) is 0 Å². The zero-order valence-electron chi connectivity index (χ0n) is 13.3. The minimum Gasteiger partial charge on any atom is -0.377 e. The highest BCUT2D eigenvalue weighted by Crippen LogP contribution is 2.37. The Labute approximate surface area is 147 Å². The molecule has 1 heterocycles. The van der Waals surface area contributed by atoms with E-state index in [1.54, 1.807) is 0 Å². The number of hydrogen-bond donors (Lipinski definition) is 1. The van der Waals surface area contributed by atoms with Crippen LogP contribution in [-0.4, -0.2) is 12.4 Å². The molecular weight excluding hydrogens is 326 g/mol. The Morgan fingerprint density at radius 2 is 2.04 bits per heavy atom. The number of rotatable bonds is 6.